The Morgan fingerprint density at radius 3 is 2.59 bits per heavy atom. The second-order valence-electron chi connectivity index (χ2n) is 7.04. The van der Waals surface area contributed by atoms with Gasteiger partial charge in [-0.2, -0.15) is 0 Å². The van der Waals surface area contributed by atoms with Gasteiger partial charge in [-0.1, -0.05) is 24.3 Å². The maximum atomic E-state index is 12.4. The maximum absolute atomic E-state index is 12.4. The van der Waals surface area contributed by atoms with Gasteiger partial charge in [-0.3, -0.25) is 9.78 Å². The number of anilines is 1. The Kier molecular flexibility index (Phi) is 6.67. The van der Waals surface area contributed by atoms with Gasteiger partial charge in [-0.25, -0.2) is 0 Å². The highest BCUT2D eigenvalue weighted by Crippen LogP contribution is 2.26. The third-order valence-electron chi connectivity index (χ3n) is 4.92. The summed E-state index contributed by atoms with van der Waals surface area (Å²) in [5.74, 6) is 1.19. The molecule has 160 valence electrons. The molecule has 2 aromatic heterocycles. The lowest BCUT2D eigenvalue weighted by Crippen LogP contribution is -2.07. The van der Waals surface area contributed by atoms with Gasteiger partial charge in [0, 0.05) is 36.1 Å². The molecule has 0 aliphatic carbocycles. The lowest BCUT2D eigenvalue weighted by Gasteiger charge is -2.07. The van der Waals surface area contributed by atoms with Crippen molar-refractivity contribution in [3.8, 4) is 16.9 Å². The molecule has 0 atom stereocenters. The highest BCUT2D eigenvalue weighted by molar-refractivity contribution is 6.02. The monoisotopic (exact) mass is 426 g/mol. The number of nitrogens with zero attached hydrogens (tertiary/aromatic N) is 3. The zero-order chi connectivity index (χ0) is 22.2. The van der Waals surface area contributed by atoms with Gasteiger partial charge in [-0.15, -0.1) is 10.2 Å². The fraction of sp³-hybridized carbons (Fsp3) is 0.120. The maximum Gasteiger partial charge on any atom is 0.248 e. The van der Waals surface area contributed by atoms with E-state index < -0.39 is 0 Å². The number of hydrogen-bond donors (Lipinski definition) is 1. The molecule has 2 heterocycles. The second-order valence-corrected chi connectivity index (χ2v) is 7.04. The number of carbonyl (C=O) groups is 1. The number of ether oxygens (including phenoxy) is 1. The number of pyridine rings is 1. The van der Waals surface area contributed by atoms with E-state index in [-0.39, 0.29) is 5.91 Å². The molecule has 0 fully saturated rings. The second kappa shape index (κ2) is 10.2. The lowest BCUT2D eigenvalue weighted by atomic mass is 10.0. The van der Waals surface area contributed by atoms with Crippen molar-refractivity contribution in [3.05, 3.63) is 96.5 Å². The zero-order valence-electron chi connectivity index (χ0n) is 17.6. The highest BCUT2D eigenvalue weighted by Gasteiger charge is 2.05. The van der Waals surface area contributed by atoms with Crippen LogP contribution < -0.4 is 10.1 Å². The number of hydrogen-bond acceptors (Lipinski definition) is 6. The average Bonchev–Trinajstić information content (AvgIpc) is 3.36. The quantitative estimate of drug-likeness (QED) is 0.415. The summed E-state index contributed by atoms with van der Waals surface area (Å²) >= 11 is 0. The standard InChI is InChI=1S/C25H22N4O3/c1-31-22-10-5-19(6-11-22)23-14-15-26-16-20(23)7-12-24(30)28-21-8-2-18(3-9-21)4-13-25-29-27-17-32-25/h2-3,5-12,14-17H,4,13H2,1H3,(H,28,30). The normalized spacial score (nSPS) is 10.9. The van der Waals surface area contributed by atoms with Crippen LogP contribution in [0.4, 0.5) is 5.69 Å². The van der Waals surface area contributed by atoms with Crippen LogP contribution in [-0.4, -0.2) is 28.2 Å². The third kappa shape index (κ3) is 5.46. The van der Waals surface area contributed by atoms with E-state index in [1.165, 1.54) is 12.5 Å². The van der Waals surface area contributed by atoms with E-state index in [1.54, 1.807) is 25.6 Å². The van der Waals surface area contributed by atoms with E-state index in [0.29, 0.717) is 12.3 Å². The molecular formula is C25H22N4O3. The fourth-order valence-corrected chi connectivity index (χ4v) is 3.23. The molecule has 7 nitrogen and oxygen atoms in total. The van der Waals surface area contributed by atoms with Crippen LogP contribution in [0.5, 0.6) is 5.75 Å². The minimum absolute atomic E-state index is 0.215. The number of amides is 1. The van der Waals surface area contributed by atoms with Crippen molar-refractivity contribution < 1.29 is 13.9 Å². The van der Waals surface area contributed by atoms with Crippen LogP contribution in [0.25, 0.3) is 17.2 Å². The van der Waals surface area contributed by atoms with Gasteiger partial charge in [0.15, 0.2) is 0 Å². The van der Waals surface area contributed by atoms with E-state index in [4.69, 9.17) is 9.15 Å². The highest BCUT2D eigenvalue weighted by atomic mass is 16.5. The Morgan fingerprint density at radius 2 is 1.88 bits per heavy atom. The molecule has 4 rings (SSSR count). The number of nitrogens with one attached hydrogen (secondary N) is 1. The lowest BCUT2D eigenvalue weighted by molar-refractivity contribution is -0.111. The Bertz CT molecular complexity index is 1180. The molecule has 0 spiro atoms. The number of carbonyl (C=O) groups excluding carboxylic acids is 1. The molecule has 2 aromatic carbocycles. The predicted octanol–water partition coefficient (Wildman–Crippen LogP) is 4.58. The molecule has 32 heavy (non-hydrogen) atoms. The van der Waals surface area contributed by atoms with Crippen LogP contribution in [0.2, 0.25) is 0 Å². The summed E-state index contributed by atoms with van der Waals surface area (Å²) in [5.41, 5.74) is 4.70. The molecule has 0 radical (unpaired) electrons. The van der Waals surface area contributed by atoms with Crippen molar-refractivity contribution in [1.29, 1.82) is 0 Å². The van der Waals surface area contributed by atoms with Crippen molar-refractivity contribution in [2.75, 3.05) is 12.4 Å². The van der Waals surface area contributed by atoms with Crippen molar-refractivity contribution in [2.45, 2.75) is 12.8 Å². The Labute approximate surface area is 185 Å². The molecule has 7 heteroatoms. The largest absolute Gasteiger partial charge is 0.497 e. The molecule has 0 aliphatic rings. The first-order valence-corrected chi connectivity index (χ1v) is 10.1. The molecule has 1 amide bonds. The van der Waals surface area contributed by atoms with Gasteiger partial charge in [0.1, 0.15) is 5.75 Å². The van der Waals surface area contributed by atoms with E-state index in [1.807, 2.05) is 54.6 Å². The van der Waals surface area contributed by atoms with Gasteiger partial charge < -0.3 is 14.5 Å². The Hall–Kier alpha value is -4.26. The predicted molar refractivity (Wildman–Crippen MR) is 122 cm³/mol. The molecular weight excluding hydrogens is 404 g/mol. The summed E-state index contributed by atoms with van der Waals surface area (Å²) in [5, 5.41) is 10.4. The first-order valence-electron chi connectivity index (χ1n) is 10.1. The van der Waals surface area contributed by atoms with E-state index in [0.717, 1.165) is 40.1 Å². The number of methoxy groups -OCH3 is 1. The first kappa shape index (κ1) is 21.0. The van der Waals surface area contributed by atoms with Crippen molar-refractivity contribution in [3.63, 3.8) is 0 Å². The number of benzene rings is 2. The van der Waals surface area contributed by atoms with Crippen LogP contribution in [0, 0.1) is 0 Å². The van der Waals surface area contributed by atoms with Gasteiger partial charge >= 0.3 is 0 Å². The summed E-state index contributed by atoms with van der Waals surface area (Å²) < 4.78 is 10.4. The molecule has 0 bridgehead atoms. The summed E-state index contributed by atoms with van der Waals surface area (Å²) in [6.07, 6.45) is 9.53. The van der Waals surface area contributed by atoms with Gasteiger partial charge in [0.2, 0.25) is 18.2 Å². The first-order chi connectivity index (χ1) is 15.7. The number of rotatable bonds is 8. The van der Waals surface area contributed by atoms with Gasteiger partial charge in [0.25, 0.3) is 0 Å². The van der Waals surface area contributed by atoms with Gasteiger partial charge in [0.05, 0.1) is 7.11 Å². The molecule has 0 saturated carbocycles. The van der Waals surface area contributed by atoms with Crippen molar-refractivity contribution >= 4 is 17.7 Å². The molecule has 4 aromatic rings. The molecule has 0 aliphatic heterocycles. The van der Waals surface area contributed by atoms with Gasteiger partial charge in [-0.05, 0) is 59.5 Å². The van der Waals surface area contributed by atoms with Crippen LogP contribution in [0.3, 0.4) is 0 Å². The van der Waals surface area contributed by atoms with E-state index in [9.17, 15) is 4.79 Å². The van der Waals surface area contributed by atoms with Crippen molar-refractivity contribution in [1.82, 2.24) is 15.2 Å². The molecule has 0 unspecified atom stereocenters. The van der Waals surface area contributed by atoms with Crippen LogP contribution in [0.15, 0.2) is 83.9 Å². The van der Waals surface area contributed by atoms with Crippen molar-refractivity contribution in [2.24, 2.45) is 0 Å². The van der Waals surface area contributed by atoms with Crippen LogP contribution in [-0.2, 0) is 17.6 Å². The van der Waals surface area contributed by atoms with E-state index >= 15 is 0 Å². The summed E-state index contributed by atoms with van der Waals surface area (Å²) in [7, 11) is 1.64. The fourth-order valence-electron chi connectivity index (χ4n) is 3.23. The topological polar surface area (TPSA) is 90.1 Å². The third-order valence-corrected chi connectivity index (χ3v) is 4.92. The smallest absolute Gasteiger partial charge is 0.248 e. The summed E-state index contributed by atoms with van der Waals surface area (Å²) in [6, 6.07) is 17.4. The Balaban J connectivity index is 1.38. The van der Waals surface area contributed by atoms with E-state index in [2.05, 4.69) is 20.5 Å². The van der Waals surface area contributed by atoms with Crippen LogP contribution in [0.1, 0.15) is 17.0 Å². The zero-order valence-corrected chi connectivity index (χ0v) is 17.6. The summed E-state index contributed by atoms with van der Waals surface area (Å²) in [4.78, 5) is 16.6. The molecule has 1 N–H and O–H groups in total. The average molecular weight is 426 g/mol. The Morgan fingerprint density at radius 1 is 1.06 bits per heavy atom. The summed E-state index contributed by atoms with van der Waals surface area (Å²) in [6.45, 7) is 0. The minimum atomic E-state index is -0.215. The number of aryl methyl sites for hydroxylation is 2. The minimum Gasteiger partial charge on any atom is -0.497 e. The SMILES string of the molecule is COc1ccc(-c2ccncc2C=CC(=O)Nc2ccc(CCc3nnco3)cc2)cc1. The van der Waals surface area contributed by atoms with Crippen LogP contribution >= 0.6 is 0 Å². The molecule has 0 saturated heterocycles. The number of aromatic nitrogens is 3.